The number of hydrogen-bond donors (Lipinski definition) is 2. The van der Waals surface area contributed by atoms with Crippen LogP contribution in [0.5, 0.6) is 0 Å². The minimum atomic E-state index is 0.0314. The minimum Gasteiger partial charge on any atom is -0.377 e. The van der Waals surface area contributed by atoms with Crippen LogP contribution in [-0.4, -0.2) is 18.8 Å². The molecule has 3 heteroatoms. The van der Waals surface area contributed by atoms with Gasteiger partial charge in [-0.05, 0) is 31.6 Å². The number of methoxy groups -OCH3 is 1. The number of hydrazine groups is 1. The lowest BCUT2D eigenvalue weighted by atomic mass is 9.88. The van der Waals surface area contributed by atoms with Crippen LogP contribution in [0, 0.1) is 5.92 Å². The van der Waals surface area contributed by atoms with Gasteiger partial charge in [-0.25, -0.2) is 0 Å². The molecule has 88 valence electrons. The molecule has 0 aromatic rings. The Morgan fingerprint density at radius 3 is 2.53 bits per heavy atom. The van der Waals surface area contributed by atoms with Crippen molar-refractivity contribution >= 4 is 0 Å². The summed E-state index contributed by atoms with van der Waals surface area (Å²) in [7, 11) is 1.84. The Balaban J connectivity index is 1.89. The van der Waals surface area contributed by atoms with Crippen molar-refractivity contribution in [3.05, 3.63) is 0 Å². The van der Waals surface area contributed by atoms with Crippen molar-refractivity contribution in [1.82, 2.24) is 5.43 Å². The predicted molar refractivity (Wildman–Crippen MR) is 61.3 cm³/mol. The minimum absolute atomic E-state index is 0.0314. The maximum absolute atomic E-state index is 5.76. The van der Waals surface area contributed by atoms with Crippen LogP contribution in [0.25, 0.3) is 0 Å². The summed E-state index contributed by atoms with van der Waals surface area (Å²) in [5.41, 5.74) is 3.03. The second kappa shape index (κ2) is 4.81. The van der Waals surface area contributed by atoms with Gasteiger partial charge in [-0.1, -0.05) is 25.7 Å². The van der Waals surface area contributed by atoms with Crippen LogP contribution >= 0.6 is 0 Å². The van der Waals surface area contributed by atoms with Gasteiger partial charge in [-0.15, -0.1) is 0 Å². The highest BCUT2D eigenvalue weighted by molar-refractivity contribution is 4.96. The molecular weight excluding hydrogens is 188 g/mol. The van der Waals surface area contributed by atoms with Crippen molar-refractivity contribution in [2.75, 3.05) is 7.11 Å². The zero-order chi connectivity index (χ0) is 10.7. The second-order valence-electron chi connectivity index (χ2n) is 5.22. The molecule has 0 radical (unpaired) electrons. The van der Waals surface area contributed by atoms with Crippen LogP contribution in [0.4, 0.5) is 0 Å². The number of ether oxygens (including phenoxy) is 1. The fourth-order valence-electron chi connectivity index (χ4n) is 2.98. The first-order chi connectivity index (χ1) is 7.30. The van der Waals surface area contributed by atoms with E-state index in [0.717, 1.165) is 5.92 Å². The molecule has 1 atom stereocenters. The molecule has 0 aromatic heterocycles. The molecule has 0 bridgehead atoms. The van der Waals surface area contributed by atoms with Crippen molar-refractivity contribution in [2.24, 2.45) is 11.8 Å². The third-order valence-corrected chi connectivity index (χ3v) is 4.25. The van der Waals surface area contributed by atoms with E-state index < -0.39 is 0 Å². The predicted octanol–water partition coefficient (Wildman–Crippen LogP) is 1.97. The third kappa shape index (κ3) is 2.52. The second-order valence-corrected chi connectivity index (χ2v) is 5.22. The summed E-state index contributed by atoms with van der Waals surface area (Å²) in [4.78, 5) is 0. The monoisotopic (exact) mass is 212 g/mol. The standard InChI is InChI=1S/C12H24N2O/c1-15-12(8-2-3-9-12)11(14-13)7-6-10-4-5-10/h10-11,14H,2-9,13H2,1H3. The van der Waals surface area contributed by atoms with Crippen LogP contribution < -0.4 is 11.3 Å². The summed E-state index contributed by atoms with van der Waals surface area (Å²) in [5.74, 6) is 6.67. The summed E-state index contributed by atoms with van der Waals surface area (Å²) in [5, 5.41) is 0. The fourth-order valence-corrected chi connectivity index (χ4v) is 2.98. The van der Waals surface area contributed by atoms with E-state index in [1.54, 1.807) is 0 Å². The molecule has 2 saturated carbocycles. The third-order valence-electron chi connectivity index (χ3n) is 4.25. The van der Waals surface area contributed by atoms with Crippen LogP contribution in [0.3, 0.4) is 0 Å². The van der Waals surface area contributed by atoms with Crippen molar-refractivity contribution < 1.29 is 4.74 Å². The van der Waals surface area contributed by atoms with Gasteiger partial charge in [-0.2, -0.15) is 0 Å². The molecule has 2 aliphatic carbocycles. The highest BCUT2D eigenvalue weighted by Crippen LogP contribution is 2.40. The summed E-state index contributed by atoms with van der Waals surface area (Å²) < 4.78 is 5.76. The van der Waals surface area contributed by atoms with Crippen LogP contribution in [0.15, 0.2) is 0 Å². The van der Waals surface area contributed by atoms with Crippen LogP contribution in [-0.2, 0) is 4.74 Å². The Kier molecular flexibility index (Phi) is 3.65. The number of nitrogens with one attached hydrogen (secondary N) is 1. The van der Waals surface area contributed by atoms with Gasteiger partial charge in [-0.3, -0.25) is 11.3 Å². The van der Waals surface area contributed by atoms with E-state index in [-0.39, 0.29) is 5.60 Å². The average Bonchev–Trinajstić information content (AvgIpc) is 2.96. The maximum atomic E-state index is 5.76. The van der Waals surface area contributed by atoms with Gasteiger partial charge >= 0.3 is 0 Å². The number of hydrogen-bond acceptors (Lipinski definition) is 3. The molecule has 2 rings (SSSR count). The molecular formula is C12H24N2O. The van der Waals surface area contributed by atoms with Crippen molar-refractivity contribution in [3.8, 4) is 0 Å². The lowest BCUT2D eigenvalue weighted by Gasteiger charge is -2.36. The van der Waals surface area contributed by atoms with Crippen molar-refractivity contribution in [2.45, 2.75) is 63.0 Å². The molecule has 0 amide bonds. The number of nitrogens with two attached hydrogens (primary N) is 1. The zero-order valence-electron chi connectivity index (χ0n) is 9.80. The molecule has 0 heterocycles. The molecule has 0 aromatic carbocycles. The zero-order valence-corrected chi connectivity index (χ0v) is 9.80. The summed E-state index contributed by atoms with van der Waals surface area (Å²) >= 11 is 0. The van der Waals surface area contributed by atoms with Gasteiger partial charge in [0, 0.05) is 7.11 Å². The summed E-state index contributed by atoms with van der Waals surface area (Å²) in [6.45, 7) is 0. The van der Waals surface area contributed by atoms with E-state index in [2.05, 4.69) is 5.43 Å². The summed E-state index contributed by atoms with van der Waals surface area (Å²) in [6, 6.07) is 0.352. The smallest absolute Gasteiger partial charge is 0.0844 e. The Morgan fingerprint density at radius 2 is 2.07 bits per heavy atom. The van der Waals surface area contributed by atoms with E-state index in [0.29, 0.717) is 6.04 Å². The molecule has 1 unspecified atom stereocenters. The molecule has 0 spiro atoms. The van der Waals surface area contributed by atoms with E-state index in [1.807, 2.05) is 7.11 Å². The lowest BCUT2D eigenvalue weighted by molar-refractivity contribution is -0.0386. The molecule has 3 nitrogen and oxygen atoms in total. The Hall–Kier alpha value is -0.120. The quantitative estimate of drug-likeness (QED) is 0.523. The summed E-state index contributed by atoms with van der Waals surface area (Å²) in [6.07, 6.45) is 10.3. The lowest BCUT2D eigenvalue weighted by Crippen LogP contribution is -2.53. The fraction of sp³-hybridized carbons (Fsp3) is 1.00. The Bertz CT molecular complexity index is 198. The molecule has 0 aliphatic heterocycles. The molecule has 3 N–H and O–H groups in total. The number of rotatable bonds is 6. The van der Waals surface area contributed by atoms with Gasteiger partial charge in [0.2, 0.25) is 0 Å². The first-order valence-electron chi connectivity index (χ1n) is 6.32. The average molecular weight is 212 g/mol. The van der Waals surface area contributed by atoms with Gasteiger partial charge < -0.3 is 4.74 Å². The first-order valence-corrected chi connectivity index (χ1v) is 6.32. The van der Waals surface area contributed by atoms with E-state index in [9.17, 15) is 0 Å². The SMILES string of the molecule is COC1(C(CCC2CC2)NN)CCCC1. The molecule has 2 aliphatic rings. The van der Waals surface area contributed by atoms with Crippen molar-refractivity contribution in [1.29, 1.82) is 0 Å². The molecule has 2 fully saturated rings. The van der Waals surface area contributed by atoms with Gasteiger partial charge in [0.25, 0.3) is 0 Å². The Labute approximate surface area is 92.7 Å². The Morgan fingerprint density at radius 1 is 1.40 bits per heavy atom. The normalized spacial score (nSPS) is 26.8. The topological polar surface area (TPSA) is 47.3 Å². The van der Waals surface area contributed by atoms with E-state index >= 15 is 0 Å². The van der Waals surface area contributed by atoms with Crippen LogP contribution in [0.2, 0.25) is 0 Å². The molecule has 0 saturated heterocycles. The highest BCUT2D eigenvalue weighted by Gasteiger charge is 2.41. The van der Waals surface area contributed by atoms with Gasteiger partial charge in [0.15, 0.2) is 0 Å². The molecule has 15 heavy (non-hydrogen) atoms. The van der Waals surface area contributed by atoms with Gasteiger partial charge in [0.1, 0.15) is 0 Å². The highest BCUT2D eigenvalue weighted by atomic mass is 16.5. The maximum Gasteiger partial charge on any atom is 0.0844 e. The largest absolute Gasteiger partial charge is 0.377 e. The first kappa shape index (κ1) is 11.4. The van der Waals surface area contributed by atoms with Gasteiger partial charge in [0.05, 0.1) is 11.6 Å². The van der Waals surface area contributed by atoms with Crippen molar-refractivity contribution in [3.63, 3.8) is 0 Å². The van der Waals surface area contributed by atoms with Crippen LogP contribution in [0.1, 0.15) is 51.4 Å². The van der Waals surface area contributed by atoms with E-state index in [1.165, 1.54) is 51.4 Å². The van der Waals surface area contributed by atoms with E-state index in [4.69, 9.17) is 10.6 Å².